The first-order chi connectivity index (χ1) is 15.7. The second-order valence-electron chi connectivity index (χ2n) is 6.80. The second kappa shape index (κ2) is 8.54. The number of benzene rings is 2. The summed E-state index contributed by atoms with van der Waals surface area (Å²) in [5.74, 6) is 0.445. The molecule has 0 bridgehead atoms. The number of ether oxygens (including phenoxy) is 1. The Balaban J connectivity index is 1.92. The highest BCUT2D eigenvalue weighted by Gasteiger charge is 2.34. The van der Waals surface area contributed by atoms with Crippen LogP contribution >= 0.6 is 11.6 Å². The number of methoxy groups -OCH3 is 1. The monoisotopic (exact) mass is 478 g/mol. The lowest BCUT2D eigenvalue weighted by atomic mass is 10.1. The van der Waals surface area contributed by atoms with Crippen LogP contribution in [-0.4, -0.2) is 36.9 Å². The van der Waals surface area contributed by atoms with Crippen LogP contribution in [0.3, 0.4) is 0 Å². The number of halogens is 4. The molecule has 2 heterocycles. The fourth-order valence-electron chi connectivity index (χ4n) is 3.19. The molecule has 0 radical (unpaired) electrons. The normalized spacial score (nSPS) is 11.5. The van der Waals surface area contributed by atoms with E-state index in [0.717, 1.165) is 21.3 Å². The zero-order valence-corrected chi connectivity index (χ0v) is 17.6. The molecule has 0 fully saturated rings. The first kappa shape index (κ1) is 22.3. The molecule has 2 aromatic carbocycles. The number of rotatable bonds is 5. The quantitative estimate of drug-likeness (QED) is 0.472. The maximum atomic E-state index is 13.3. The van der Waals surface area contributed by atoms with Gasteiger partial charge < -0.3 is 4.74 Å². The first-order valence-corrected chi connectivity index (χ1v) is 9.68. The van der Waals surface area contributed by atoms with Crippen molar-refractivity contribution in [1.82, 2.24) is 29.8 Å². The van der Waals surface area contributed by atoms with E-state index in [4.69, 9.17) is 16.3 Å². The number of aromatic amines is 1. The summed E-state index contributed by atoms with van der Waals surface area (Å²) in [6, 6.07) is 9.64. The SMILES string of the molecule is COc1ccc(-n2cc(-c3nn[nH]n3)c(=O)n(Cc3cccc(C(F)(F)F)c3Cl)c2=O)cc1. The minimum Gasteiger partial charge on any atom is -0.497 e. The van der Waals surface area contributed by atoms with Crippen molar-refractivity contribution < 1.29 is 17.9 Å². The Morgan fingerprint density at radius 1 is 1.12 bits per heavy atom. The molecule has 33 heavy (non-hydrogen) atoms. The van der Waals surface area contributed by atoms with Crippen molar-refractivity contribution in [3.8, 4) is 22.8 Å². The topological polar surface area (TPSA) is 108 Å². The standard InChI is InChI=1S/C20H14ClF3N6O3/c1-33-13-7-5-12(6-8-13)29-10-14(17-25-27-28-26-17)18(31)30(19(29)32)9-11-3-2-4-15(16(11)21)20(22,23)24/h2-8,10H,9H2,1H3,(H,25,26,27,28). The molecule has 4 aromatic rings. The van der Waals surface area contributed by atoms with E-state index in [1.54, 1.807) is 24.3 Å². The molecule has 9 nitrogen and oxygen atoms in total. The molecule has 0 amide bonds. The van der Waals surface area contributed by atoms with E-state index in [0.29, 0.717) is 11.4 Å². The molecule has 4 rings (SSSR count). The van der Waals surface area contributed by atoms with Crippen molar-refractivity contribution in [3.63, 3.8) is 0 Å². The minimum atomic E-state index is -4.70. The van der Waals surface area contributed by atoms with Gasteiger partial charge in [-0.15, -0.1) is 10.2 Å². The summed E-state index contributed by atoms with van der Waals surface area (Å²) in [5, 5.41) is 12.6. The highest BCUT2D eigenvalue weighted by Crippen LogP contribution is 2.36. The van der Waals surface area contributed by atoms with E-state index < -0.39 is 34.6 Å². The highest BCUT2D eigenvalue weighted by atomic mass is 35.5. The molecule has 0 atom stereocenters. The number of nitrogens with one attached hydrogen (secondary N) is 1. The van der Waals surface area contributed by atoms with E-state index in [9.17, 15) is 22.8 Å². The van der Waals surface area contributed by atoms with Crippen LogP contribution in [0.2, 0.25) is 5.02 Å². The maximum absolute atomic E-state index is 13.3. The Labute approximate surface area is 188 Å². The Bertz CT molecular complexity index is 1410. The summed E-state index contributed by atoms with van der Waals surface area (Å²) < 4.78 is 46.8. The molecule has 0 saturated carbocycles. The van der Waals surface area contributed by atoms with Crippen LogP contribution < -0.4 is 16.0 Å². The van der Waals surface area contributed by atoms with E-state index in [2.05, 4.69) is 20.6 Å². The smallest absolute Gasteiger partial charge is 0.417 e. The fraction of sp³-hybridized carbons (Fsp3) is 0.150. The van der Waals surface area contributed by atoms with Crippen LogP contribution in [0.25, 0.3) is 17.1 Å². The van der Waals surface area contributed by atoms with Gasteiger partial charge in [0.25, 0.3) is 5.56 Å². The highest BCUT2D eigenvalue weighted by molar-refractivity contribution is 6.32. The molecule has 1 N–H and O–H groups in total. The zero-order chi connectivity index (χ0) is 23.8. The second-order valence-corrected chi connectivity index (χ2v) is 7.17. The third kappa shape index (κ3) is 4.24. The average molecular weight is 479 g/mol. The average Bonchev–Trinajstić information content (AvgIpc) is 3.32. The van der Waals surface area contributed by atoms with Gasteiger partial charge in [-0.25, -0.2) is 4.79 Å². The molecular formula is C20H14ClF3N6O3. The van der Waals surface area contributed by atoms with Crippen molar-refractivity contribution in [3.05, 3.63) is 85.6 Å². The summed E-state index contributed by atoms with van der Waals surface area (Å²) in [4.78, 5) is 26.3. The maximum Gasteiger partial charge on any atom is 0.417 e. The van der Waals surface area contributed by atoms with E-state index >= 15 is 0 Å². The number of alkyl halides is 3. The molecule has 0 unspecified atom stereocenters. The zero-order valence-electron chi connectivity index (χ0n) is 16.8. The van der Waals surface area contributed by atoms with Crippen LogP contribution in [0, 0.1) is 0 Å². The molecule has 0 saturated heterocycles. The van der Waals surface area contributed by atoms with Gasteiger partial charge in [-0.3, -0.25) is 13.9 Å². The molecule has 0 aliphatic heterocycles. The summed E-state index contributed by atoms with van der Waals surface area (Å²) in [7, 11) is 1.48. The summed E-state index contributed by atoms with van der Waals surface area (Å²) in [6.07, 6.45) is -3.46. The number of hydrogen-bond donors (Lipinski definition) is 1. The number of H-pyrrole nitrogens is 1. The van der Waals surface area contributed by atoms with Gasteiger partial charge in [-0.1, -0.05) is 23.7 Å². The summed E-state index contributed by atoms with van der Waals surface area (Å²) in [5.41, 5.74) is -2.47. The van der Waals surface area contributed by atoms with E-state index in [1.807, 2.05) is 0 Å². The Morgan fingerprint density at radius 2 is 1.85 bits per heavy atom. The van der Waals surface area contributed by atoms with Crippen LogP contribution in [0.5, 0.6) is 5.75 Å². The molecule has 170 valence electrons. The third-order valence-electron chi connectivity index (χ3n) is 4.82. The van der Waals surface area contributed by atoms with E-state index in [-0.39, 0.29) is 17.0 Å². The van der Waals surface area contributed by atoms with Crippen LogP contribution in [0.1, 0.15) is 11.1 Å². The van der Waals surface area contributed by atoms with Crippen LogP contribution in [-0.2, 0) is 12.7 Å². The number of aromatic nitrogens is 6. The molecule has 13 heteroatoms. The largest absolute Gasteiger partial charge is 0.497 e. The van der Waals surface area contributed by atoms with Gasteiger partial charge >= 0.3 is 11.9 Å². The molecule has 0 spiro atoms. The molecule has 0 aliphatic rings. The predicted octanol–water partition coefficient (Wildman–Crippen LogP) is 2.91. The van der Waals surface area contributed by atoms with Crippen molar-refractivity contribution in [2.75, 3.05) is 7.11 Å². The van der Waals surface area contributed by atoms with Crippen molar-refractivity contribution in [2.45, 2.75) is 12.7 Å². The van der Waals surface area contributed by atoms with Gasteiger partial charge in [0, 0.05) is 6.20 Å². The fourth-order valence-corrected chi connectivity index (χ4v) is 3.48. The number of nitrogens with zero attached hydrogens (tertiary/aromatic N) is 5. The Morgan fingerprint density at radius 3 is 2.45 bits per heavy atom. The van der Waals surface area contributed by atoms with Crippen molar-refractivity contribution >= 4 is 11.6 Å². The summed E-state index contributed by atoms with van der Waals surface area (Å²) >= 11 is 5.98. The Hall–Kier alpha value is -3.93. The first-order valence-electron chi connectivity index (χ1n) is 9.30. The van der Waals surface area contributed by atoms with Crippen molar-refractivity contribution in [2.24, 2.45) is 0 Å². The third-order valence-corrected chi connectivity index (χ3v) is 5.27. The summed E-state index contributed by atoms with van der Waals surface area (Å²) in [6.45, 7) is -0.512. The van der Waals surface area contributed by atoms with Gasteiger partial charge in [0.15, 0.2) is 0 Å². The minimum absolute atomic E-state index is 0.0581. The van der Waals surface area contributed by atoms with Gasteiger partial charge in [-0.05, 0) is 41.1 Å². The lowest BCUT2D eigenvalue weighted by Crippen LogP contribution is -2.40. The van der Waals surface area contributed by atoms with Crippen molar-refractivity contribution in [1.29, 1.82) is 0 Å². The lowest BCUT2D eigenvalue weighted by Gasteiger charge is -2.15. The van der Waals surface area contributed by atoms with Gasteiger partial charge in [0.05, 0.1) is 29.9 Å². The number of tetrazole rings is 1. The van der Waals surface area contributed by atoms with Gasteiger partial charge in [0.1, 0.15) is 11.3 Å². The molecule has 2 aromatic heterocycles. The van der Waals surface area contributed by atoms with Gasteiger partial charge in [0.2, 0.25) is 5.82 Å². The molecular weight excluding hydrogens is 465 g/mol. The lowest BCUT2D eigenvalue weighted by molar-refractivity contribution is -0.137. The van der Waals surface area contributed by atoms with Crippen LogP contribution in [0.15, 0.2) is 58.3 Å². The van der Waals surface area contributed by atoms with E-state index in [1.165, 1.54) is 19.4 Å². The Kier molecular flexibility index (Phi) is 5.77. The number of hydrogen-bond acceptors (Lipinski definition) is 6. The van der Waals surface area contributed by atoms with Gasteiger partial charge in [-0.2, -0.15) is 18.4 Å². The van der Waals surface area contributed by atoms with Crippen LogP contribution in [0.4, 0.5) is 13.2 Å². The molecule has 0 aliphatic carbocycles. The predicted molar refractivity (Wildman–Crippen MR) is 112 cm³/mol.